The predicted octanol–water partition coefficient (Wildman–Crippen LogP) is 3.29. The standard InChI is InChI=1S/C17H19N5O2S2/c23-14(1-2-15-21-16(22-24-15)12-5-8-25-10-12)20-17-19-9-13(26-17)11-3-6-18-7-4-11/h5,8-11,18H,1-4,6-7H2,(H,19,20,23). The van der Waals surface area contributed by atoms with Crippen molar-refractivity contribution in [2.24, 2.45) is 0 Å². The number of carbonyl (C=O) groups excluding carboxylic acids is 1. The summed E-state index contributed by atoms with van der Waals surface area (Å²) in [5.74, 6) is 1.49. The summed E-state index contributed by atoms with van der Waals surface area (Å²) >= 11 is 3.15. The molecule has 0 aromatic carbocycles. The SMILES string of the molecule is O=C(CCc1nc(-c2ccsc2)no1)Nc1ncc(C2CCNCC2)s1. The van der Waals surface area contributed by atoms with Gasteiger partial charge in [-0.1, -0.05) is 5.16 Å². The molecule has 0 unspecified atom stereocenters. The van der Waals surface area contributed by atoms with E-state index in [1.807, 2.05) is 23.0 Å². The van der Waals surface area contributed by atoms with E-state index < -0.39 is 0 Å². The van der Waals surface area contributed by atoms with Crippen LogP contribution in [0.2, 0.25) is 0 Å². The van der Waals surface area contributed by atoms with Gasteiger partial charge in [0.15, 0.2) is 5.13 Å². The lowest BCUT2D eigenvalue weighted by molar-refractivity contribution is -0.116. The number of hydrogen-bond acceptors (Lipinski definition) is 8. The summed E-state index contributed by atoms with van der Waals surface area (Å²) in [6.07, 6.45) is 4.84. The zero-order valence-corrected chi connectivity index (χ0v) is 15.7. The Morgan fingerprint density at radius 1 is 1.38 bits per heavy atom. The minimum Gasteiger partial charge on any atom is -0.339 e. The molecule has 1 fully saturated rings. The van der Waals surface area contributed by atoms with Gasteiger partial charge in [0.2, 0.25) is 17.6 Å². The number of thiazole rings is 1. The maximum atomic E-state index is 12.2. The van der Waals surface area contributed by atoms with Crippen LogP contribution in [0.25, 0.3) is 11.4 Å². The Hall–Kier alpha value is -2.10. The van der Waals surface area contributed by atoms with E-state index in [9.17, 15) is 4.79 Å². The molecule has 0 saturated carbocycles. The van der Waals surface area contributed by atoms with Crippen LogP contribution in [0, 0.1) is 0 Å². The van der Waals surface area contributed by atoms with E-state index in [0.29, 0.717) is 29.2 Å². The Bertz CT molecular complexity index is 852. The van der Waals surface area contributed by atoms with Crippen LogP contribution in [0.5, 0.6) is 0 Å². The molecule has 1 aliphatic heterocycles. The third-order valence-electron chi connectivity index (χ3n) is 4.32. The second-order valence-electron chi connectivity index (χ2n) is 6.16. The van der Waals surface area contributed by atoms with Crippen LogP contribution in [0.4, 0.5) is 5.13 Å². The van der Waals surface area contributed by atoms with Crippen molar-refractivity contribution in [3.8, 4) is 11.4 Å². The van der Waals surface area contributed by atoms with Crippen molar-refractivity contribution >= 4 is 33.7 Å². The van der Waals surface area contributed by atoms with Crippen LogP contribution in [0.3, 0.4) is 0 Å². The molecule has 1 aliphatic rings. The van der Waals surface area contributed by atoms with Gasteiger partial charge < -0.3 is 15.2 Å². The van der Waals surface area contributed by atoms with E-state index in [2.05, 4.69) is 25.8 Å². The predicted molar refractivity (Wildman–Crippen MR) is 102 cm³/mol. The smallest absolute Gasteiger partial charge is 0.227 e. The van der Waals surface area contributed by atoms with Gasteiger partial charge >= 0.3 is 0 Å². The molecule has 3 aromatic heterocycles. The second kappa shape index (κ2) is 8.07. The minimum atomic E-state index is -0.0912. The summed E-state index contributed by atoms with van der Waals surface area (Å²) in [6, 6.07) is 1.94. The van der Waals surface area contributed by atoms with Crippen molar-refractivity contribution in [3.05, 3.63) is 33.8 Å². The number of thiophene rings is 1. The molecule has 0 aliphatic carbocycles. The van der Waals surface area contributed by atoms with Gasteiger partial charge in [-0.25, -0.2) is 4.98 Å². The fourth-order valence-corrected chi connectivity index (χ4v) is 4.54. The number of carbonyl (C=O) groups is 1. The first kappa shape index (κ1) is 17.3. The van der Waals surface area contributed by atoms with E-state index in [1.165, 1.54) is 4.88 Å². The highest BCUT2D eigenvalue weighted by molar-refractivity contribution is 7.15. The molecule has 0 atom stereocenters. The molecule has 1 saturated heterocycles. The highest BCUT2D eigenvalue weighted by atomic mass is 32.1. The molecule has 2 N–H and O–H groups in total. The maximum Gasteiger partial charge on any atom is 0.227 e. The first-order chi connectivity index (χ1) is 12.8. The third kappa shape index (κ3) is 4.17. The molecule has 0 radical (unpaired) electrons. The summed E-state index contributed by atoms with van der Waals surface area (Å²) in [6.45, 7) is 2.09. The van der Waals surface area contributed by atoms with Gasteiger partial charge in [0, 0.05) is 34.9 Å². The Morgan fingerprint density at radius 3 is 3.08 bits per heavy atom. The van der Waals surface area contributed by atoms with E-state index in [1.54, 1.807) is 22.7 Å². The Morgan fingerprint density at radius 2 is 2.27 bits per heavy atom. The molecular weight excluding hydrogens is 370 g/mol. The fraction of sp³-hybridized carbons (Fsp3) is 0.412. The molecule has 3 aromatic rings. The Kier molecular flexibility index (Phi) is 5.37. The molecular formula is C17H19N5O2S2. The molecule has 1 amide bonds. The van der Waals surface area contributed by atoms with Crippen LogP contribution >= 0.6 is 22.7 Å². The van der Waals surface area contributed by atoms with E-state index in [0.717, 1.165) is 31.5 Å². The number of aryl methyl sites for hydroxylation is 1. The van der Waals surface area contributed by atoms with Gasteiger partial charge in [0.05, 0.1) is 0 Å². The van der Waals surface area contributed by atoms with Crippen LogP contribution in [-0.2, 0) is 11.2 Å². The van der Waals surface area contributed by atoms with Gasteiger partial charge in [-0.2, -0.15) is 16.3 Å². The van der Waals surface area contributed by atoms with E-state index >= 15 is 0 Å². The first-order valence-corrected chi connectivity index (χ1v) is 10.4. The number of aromatic nitrogens is 3. The van der Waals surface area contributed by atoms with Crippen LogP contribution in [0.1, 0.15) is 35.9 Å². The Labute approximate surface area is 158 Å². The summed E-state index contributed by atoms with van der Waals surface area (Å²) in [5.41, 5.74) is 0.933. The number of rotatable bonds is 6. The molecule has 4 heterocycles. The van der Waals surface area contributed by atoms with Gasteiger partial charge in [-0.3, -0.25) is 4.79 Å². The minimum absolute atomic E-state index is 0.0912. The Balaban J connectivity index is 1.28. The van der Waals surface area contributed by atoms with Crippen molar-refractivity contribution in [2.75, 3.05) is 18.4 Å². The quantitative estimate of drug-likeness (QED) is 0.672. The number of hydrogen-bond donors (Lipinski definition) is 2. The van der Waals surface area contributed by atoms with Gasteiger partial charge in [-0.15, -0.1) is 11.3 Å². The number of anilines is 1. The van der Waals surface area contributed by atoms with Crippen molar-refractivity contribution in [2.45, 2.75) is 31.6 Å². The largest absolute Gasteiger partial charge is 0.339 e. The van der Waals surface area contributed by atoms with Crippen molar-refractivity contribution < 1.29 is 9.32 Å². The normalized spacial score (nSPS) is 15.2. The van der Waals surface area contributed by atoms with Crippen LogP contribution in [0.15, 0.2) is 27.5 Å². The van der Waals surface area contributed by atoms with Crippen LogP contribution < -0.4 is 10.6 Å². The summed E-state index contributed by atoms with van der Waals surface area (Å²) in [4.78, 5) is 22.1. The second-order valence-corrected chi connectivity index (χ2v) is 8.01. The van der Waals surface area contributed by atoms with Gasteiger partial charge in [0.25, 0.3) is 0 Å². The lowest BCUT2D eigenvalue weighted by Gasteiger charge is -2.20. The van der Waals surface area contributed by atoms with Crippen LogP contribution in [-0.4, -0.2) is 34.1 Å². The van der Waals surface area contributed by atoms with Crippen molar-refractivity contribution in [3.63, 3.8) is 0 Å². The molecule has 0 spiro atoms. The summed E-state index contributed by atoms with van der Waals surface area (Å²) in [5, 5.41) is 14.8. The lowest BCUT2D eigenvalue weighted by Crippen LogP contribution is -2.26. The molecule has 0 bridgehead atoms. The highest BCUT2D eigenvalue weighted by Gasteiger charge is 2.18. The van der Waals surface area contributed by atoms with Crippen molar-refractivity contribution in [1.82, 2.24) is 20.4 Å². The summed E-state index contributed by atoms with van der Waals surface area (Å²) in [7, 11) is 0. The molecule has 7 nitrogen and oxygen atoms in total. The monoisotopic (exact) mass is 389 g/mol. The first-order valence-electron chi connectivity index (χ1n) is 8.59. The lowest BCUT2D eigenvalue weighted by atomic mass is 9.97. The average molecular weight is 390 g/mol. The van der Waals surface area contributed by atoms with E-state index in [-0.39, 0.29) is 12.3 Å². The van der Waals surface area contributed by atoms with E-state index in [4.69, 9.17) is 4.52 Å². The number of nitrogens with zero attached hydrogens (tertiary/aromatic N) is 3. The molecule has 136 valence electrons. The number of piperidine rings is 1. The zero-order chi connectivity index (χ0) is 17.8. The zero-order valence-electron chi connectivity index (χ0n) is 14.1. The highest BCUT2D eigenvalue weighted by Crippen LogP contribution is 2.31. The van der Waals surface area contributed by atoms with Gasteiger partial charge in [0.1, 0.15) is 0 Å². The maximum absolute atomic E-state index is 12.2. The average Bonchev–Trinajstić information content (AvgIpc) is 3.41. The third-order valence-corrected chi connectivity index (χ3v) is 6.08. The molecule has 26 heavy (non-hydrogen) atoms. The summed E-state index contributed by atoms with van der Waals surface area (Å²) < 4.78 is 5.22. The topological polar surface area (TPSA) is 92.9 Å². The fourth-order valence-electron chi connectivity index (χ4n) is 2.91. The number of nitrogens with one attached hydrogen (secondary N) is 2. The molecule has 4 rings (SSSR count). The van der Waals surface area contributed by atoms with Gasteiger partial charge in [-0.05, 0) is 43.3 Å². The van der Waals surface area contributed by atoms with Crippen molar-refractivity contribution in [1.29, 1.82) is 0 Å². The number of amides is 1. The molecule has 9 heteroatoms.